The second kappa shape index (κ2) is 9.33. The standard InChI is InChI=1S/C13H25N5O2/c1-5-14-12-11(20-4)13(17-10-16-12)15-6-7-18(2)8-9-19-3/h10H,5-9H2,1-4H3,(H2,14,15,16,17). The van der Waals surface area contributed by atoms with Gasteiger partial charge in [0.05, 0.1) is 13.7 Å². The molecule has 0 fully saturated rings. The third kappa shape index (κ3) is 5.18. The molecular weight excluding hydrogens is 258 g/mol. The van der Waals surface area contributed by atoms with E-state index in [9.17, 15) is 0 Å². The van der Waals surface area contributed by atoms with Gasteiger partial charge in [-0.3, -0.25) is 0 Å². The Labute approximate surface area is 120 Å². The summed E-state index contributed by atoms with van der Waals surface area (Å²) in [5.74, 6) is 2.06. The summed E-state index contributed by atoms with van der Waals surface area (Å²) in [6, 6.07) is 0. The highest BCUT2D eigenvalue weighted by Crippen LogP contribution is 2.28. The number of aromatic nitrogens is 2. The minimum atomic E-state index is 0.647. The van der Waals surface area contributed by atoms with Crippen LogP contribution in [0.4, 0.5) is 11.6 Å². The zero-order valence-electron chi connectivity index (χ0n) is 12.8. The average molecular weight is 283 g/mol. The minimum absolute atomic E-state index is 0.647. The first-order chi connectivity index (χ1) is 9.72. The SMILES string of the molecule is CCNc1ncnc(NCCN(C)CCOC)c1OC. The van der Waals surface area contributed by atoms with Crippen molar-refractivity contribution in [2.75, 3.05) is 64.7 Å². The third-order valence-electron chi connectivity index (χ3n) is 2.82. The van der Waals surface area contributed by atoms with Gasteiger partial charge in [0.15, 0.2) is 11.6 Å². The van der Waals surface area contributed by atoms with Crippen LogP contribution < -0.4 is 15.4 Å². The van der Waals surface area contributed by atoms with Crippen LogP contribution in [0.1, 0.15) is 6.92 Å². The van der Waals surface area contributed by atoms with E-state index in [0.29, 0.717) is 17.4 Å². The van der Waals surface area contributed by atoms with Crippen LogP contribution in [0.2, 0.25) is 0 Å². The fourth-order valence-electron chi connectivity index (χ4n) is 1.71. The number of ether oxygens (including phenoxy) is 2. The molecule has 0 aliphatic carbocycles. The van der Waals surface area contributed by atoms with E-state index in [4.69, 9.17) is 9.47 Å². The lowest BCUT2D eigenvalue weighted by atomic mass is 10.4. The lowest BCUT2D eigenvalue weighted by molar-refractivity contribution is 0.163. The lowest BCUT2D eigenvalue weighted by Crippen LogP contribution is -2.28. The maximum absolute atomic E-state index is 5.37. The van der Waals surface area contributed by atoms with Crippen molar-refractivity contribution in [3.8, 4) is 5.75 Å². The van der Waals surface area contributed by atoms with E-state index in [2.05, 4.69) is 32.5 Å². The zero-order valence-corrected chi connectivity index (χ0v) is 12.8. The predicted molar refractivity (Wildman–Crippen MR) is 80.6 cm³/mol. The molecule has 1 aromatic heterocycles. The normalized spacial score (nSPS) is 10.7. The van der Waals surface area contributed by atoms with Gasteiger partial charge >= 0.3 is 0 Å². The van der Waals surface area contributed by atoms with E-state index in [1.807, 2.05) is 6.92 Å². The van der Waals surface area contributed by atoms with Crippen molar-refractivity contribution in [2.45, 2.75) is 6.92 Å². The van der Waals surface area contributed by atoms with E-state index < -0.39 is 0 Å². The third-order valence-corrected chi connectivity index (χ3v) is 2.82. The van der Waals surface area contributed by atoms with Crippen molar-refractivity contribution >= 4 is 11.6 Å². The Morgan fingerprint density at radius 1 is 1.15 bits per heavy atom. The maximum atomic E-state index is 5.37. The fourth-order valence-corrected chi connectivity index (χ4v) is 1.71. The Morgan fingerprint density at radius 2 is 1.85 bits per heavy atom. The van der Waals surface area contributed by atoms with Gasteiger partial charge in [-0.2, -0.15) is 0 Å². The molecule has 7 nitrogen and oxygen atoms in total. The quantitative estimate of drug-likeness (QED) is 0.661. The van der Waals surface area contributed by atoms with E-state index in [-0.39, 0.29) is 0 Å². The Kier molecular flexibility index (Phi) is 7.67. The molecular formula is C13H25N5O2. The molecule has 0 aliphatic rings. The van der Waals surface area contributed by atoms with Gasteiger partial charge in [0, 0.05) is 33.3 Å². The van der Waals surface area contributed by atoms with Crippen LogP contribution in [0, 0.1) is 0 Å². The van der Waals surface area contributed by atoms with Gasteiger partial charge in [0.1, 0.15) is 6.33 Å². The molecule has 0 saturated carbocycles. The fraction of sp³-hybridized carbons (Fsp3) is 0.692. The minimum Gasteiger partial charge on any atom is -0.490 e. The Morgan fingerprint density at radius 3 is 2.45 bits per heavy atom. The second-order valence-corrected chi connectivity index (χ2v) is 4.36. The summed E-state index contributed by atoms with van der Waals surface area (Å²) in [5.41, 5.74) is 0. The molecule has 0 atom stereocenters. The summed E-state index contributed by atoms with van der Waals surface area (Å²) in [5, 5.41) is 6.42. The summed E-state index contributed by atoms with van der Waals surface area (Å²) >= 11 is 0. The Hall–Kier alpha value is -1.60. The first-order valence-electron chi connectivity index (χ1n) is 6.77. The monoisotopic (exact) mass is 283 g/mol. The summed E-state index contributed by atoms with van der Waals surface area (Å²) in [7, 11) is 5.39. The molecule has 0 aliphatic heterocycles. The summed E-state index contributed by atoms with van der Waals surface area (Å²) in [6.45, 7) is 6.11. The number of hydrogen-bond acceptors (Lipinski definition) is 7. The summed E-state index contributed by atoms with van der Waals surface area (Å²) < 4.78 is 10.4. The molecule has 0 bridgehead atoms. The molecule has 2 N–H and O–H groups in total. The predicted octanol–water partition coefficient (Wildman–Crippen LogP) is 0.907. The van der Waals surface area contributed by atoms with Crippen molar-refractivity contribution in [1.82, 2.24) is 14.9 Å². The smallest absolute Gasteiger partial charge is 0.204 e. The van der Waals surface area contributed by atoms with E-state index in [0.717, 1.165) is 32.8 Å². The highest BCUT2D eigenvalue weighted by Gasteiger charge is 2.11. The maximum Gasteiger partial charge on any atom is 0.204 e. The van der Waals surface area contributed by atoms with Crippen LogP contribution in [0.25, 0.3) is 0 Å². The lowest BCUT2D eigenvalue weighted by Gasteiger charge is -2.17. The number of nitrogens with one attached hydrogen (secondary N) is 2. The van der Waals surface area contributed by atoms with Crippen LogP contribution in [0.3, 0.4) is 0 Å². The molecule has 1 heterocycles. The molecule has 1 aromatic rings. The highest BCUT2D eigenvalue weighted by molar-refractivity contribution is 5.63. The summed E-state index contributed by atoms with van der Waals surface area (Å²) in [4.78, 5) is 10.6. The van der Waals surface area contributed by atoms with Crippen molar-refractivity contribution in [1.29, 1.82) is 0 Å². The molecule has 0 aromatic carbocycles. The second-order valence-electron chi connectivity index (χ2n) is 4.36. The van der Waals surface area contributed by atoms with Gasteiger partial charge in [0.2, 0.25) is 5.75 Å². The molecule has 0 radical (unpaired) electrons. The van der Waals surface area contributed by atoms with Crippen LogP contribution in [-0.2, 0) is 4.74 Å². The Bertz CT molecular complexity index is 389. The van der Waals surface area contributed by atoms with Gasteiger partial charge in [-0.25, -0.2) is 9.97 Å². The molecule has 0 amide bonds. The molecule has 1 rings (SSSR count). The summed E-state index contributed by atoms with van der Waals surface area (Å²) in [6.07, 6.45) is 1.53. The number of hydrogen-bond donors (Lipinski definition) is 2. The first kappa shape index (κ1) is 16.5. The number of likely N-dealkylation sites (N-methyl/N-ethyl adjacent to an activating group) is 1. The van der Waals surface area contributed by atoms with E-state index >= 15 is 0 Å². The van der Waals surface area contributed by atoms with Crippen LogP contribution in [0.5, 0.6) is 5.75 Å². The highest BCUT2D eigenvalue weighted by atomic mass is 16.5. The van der Waals surface area contributed by atoms with Crippen LogP contribution >= 0.6 is 0 Å². The Balaban J connectivity index is 2.52. The average Bonchev–Trinajstić information content (AvgIpc) is 2.45. The van der Waals surface area contributed by atoms with Crippen molar-refractivity contribution < 1.29 is 9.47 Å². The largest absolute Gasteiger partial charge is 0.490 e. The van der Waals surface area contributed by atoms with Crippen molar-refractivity contribution in [3.63, 3.8) is 0 Å². The van der Waals surface area contributed by atoms with Gasteiger partial charge in [0.25, 0.3) is 0 Å². The molecule has 0 saturated heterocycles. The molecule has 20 heavy (non-hydrogen) atoms. The molecule has 114 valence electrons. The van der Waals surface area contributed by atoms with Crippen molar-refractivity contribution in [2.24, 2.45) is 0 Å². The van der Waals surface area contributed by atoms with Gasteiger partial charge in [-0.15, -0.1) is 0 Å². The van der Waals surface area contributed by atoms with Gasteiger partial charge in [-0.1, -0.05) is 0 Å². The molecule has 0 unspecified atom stereocenters. The topological polar surface area (TPSA) is 71.5 Å². The van der Waals surface area contributed by atoms with Crippen LogP contribution in [0.15, 0.2) is 6.33 Å². The molecule has 7 heteroatoms. The van der Waals surface area contributed by atoms with Crippen molar-refractivity contribution in [3.05, 3.63) is 6.33 Å². The first-order valence-corrected chi connectivity index (χ1v) is 6.77. The molecule has 0 spiro atoms. The number of methoxy groups -OCH3 is 2. The van der Waals surface area contributed by atoms with E-state index in [1.165, 1.54) is 6.33 Å². The van der Waals surface area contributed by atoms with Gasteiger partial charge < -0.3 is 25.0 Å². The number of anilines is 2. The number of nitrogens with zero attached hydrogens (tertiary/aromatic N) is 3. The van der Waals surface area contributed by atoms with Crippen LogP contribution in [-0.4, -0.2) is 68.9 Å². The number of rotatable bonds is 10. The zero-order chi connectivity index (χ0) is 14.8. The van der Waals surface area contributed by atoms with E-state index in [1.54, 1.807) is 14.2 Å². The van der Waals surface area contributed by atoms with Gasteiger partial charge in [-0.05, 0) is 14.0 Å².